The Balaban J connectivity index is 1.78. The Hall–Kier alpha value is -3.15. The van der Waals surface area contributed by atoms with Crippen LogP contribution in [-0.4, -0.2) is 22.5 Å². The molecule has 6 heteroatoms. The maximum atomic E-state index is 13.7. The number of aliphatic hydroxyl groups excluding tert-OH is 1. The minimum atomic E-state index is -1.05. The molecule has 2 amide bonds. The summed E-state index contributed by atoms with van der Waals surface area (Å²) in [6.07, 6.45) is 1.04. The molecule has 5 nitrogen and oxygen atoms in total. The molecular weight excluding hydrogens is 335 g/mol. The number of carbonyl (C=O) groups is 2. The van der Waals surface area contributed by atoms with Crippen LogP contribution < -0.4 is 10.6 Å². The Morgan fingerprint density at radius 2 is 1.81 bits per heavy atom. The second-order valence-electron chi connectivity index (χ2n) is 6.43. The van der Waals surface area contributed by atoms with Gasteiger partial charge < -0.3 is 15.7 Å². The normalized spacial score (nSPS) is 19.4. The summed E-state index contributed by atoms with van der Waals surface area (Å²) < 4.78 is 13.7. The molecule has 3 rings (SSSR count). The molecule has 1 atom stereocenters. The average Bonchev–Trinajstić information content (AvgIpc) is 2.85. The number of halogens is 1. The van der Waals surface area contributed by atoms with Gasteiger partial charge in [-0.2, -0.15) is 0 Å². The highest BCUT2D eigenvalue weighted by Gasteiger charge is 2.44. The van der Waals surface area contributed by atoms with Crippen LogP contribution in [0.3, 0.4) is 0 Å². The van der Waals surface area contributed by atoms with Crippen molar-refractivity contribution in [3.63, 3.8) is 0 Å². The van der Waals surface area contributed by atoms with Gasteiger partial charge in [-0.3, -0.25) is 9.59 Å². The highest BCUT2D eigenvalue weighted by atomic mass is 19.1. The first-order valence-corrected chi connectivity index (χ1v) is 8.27. The van der Waals surface area contributed by atoms with E-state index in [1.807, 2.05) is 30.3 Å². The predicted octanol–water partition coefficient (Wildman–Crippen LogP) is 3.10. The monoisotopic (exact) mass is 354 g/mol. The summed E-state index contributed by atoms with van der Waals surface area (Å²) >= 11 is 0. The van der Waals surface area contributed by atoms with Crippen molar-refractivity contribution >= 4 is 17.5 Å². The van der Waals surface area contributed by atoms with Crippen LogP contribution in [0.2, 0.25) is 0 Å². The van der Waals surface area contributed by atoms with Gasteiger partial charge in [0.2, 0.25) is 0 Å². The zero-order chi connectivity index (χ0) is 18.7. The van der Waals surface area contributed by atoms with E-state index in [4.69, 9.17) is 0 Å². The second-order valence-corrected chi connectivity index (χ2v) is 6.43. The van der Waals surface area contributed by atoms with Gasteiger partial charge >= 0.3 is 0 Å². The van der Waals surface area contributed by atoms with Gasteiger partial charge in [0.15, 0.2) is 0 Å². The lowest BCUT2D eigenvalue weighted by Gasteiger charge is -2.24. The van der Waals surface area contributed by atoms with Crippen molar-refractivity contribution in [1.29, 1.82) is 0 Å². The van der Waals surface area contributed by atoms with E-state index in [0.29, 0.717) is 12.8 Å². The van der Waals surface area contributed by atoms with Gasteiger partial charge in [-0.05, 0) is 37.5 Å². The largest absolute Gasteiger partial charge is 0.509 e. The third-order valence-electron chi connectivity index (χ3n) is 4.48. The van der Waals surface area contributed by atoms with Crippen LogP contribution in [-0.2, 0) is 16.0 Å². The summed E-state index contributed by atoms with van der Waals surface area (Å²) in [6, 6.07) is 15.3. The highest BCUT2D eigenvalue weighted by Crippen LogP contribution is 2.30. The molecule has 2 aromatic carbocycles. The van der Waals surface area contributed by atoms with E-state index >= 15 is 0 Å². The van der Waals surface area contributed by atoms with Crippen LogP contribution in [0.25, 0.3) is 0 Å². The summed E-state index contributed by atoms with van der Waals surface area (Å²) in [6.45, 7) is 1.66. The average molecular weight is 354 g/mol. The predicted molar refractivity (Wildman–Crippen MR) is 96.0 cm³/mol. The van der Waals surface area contributed by atoms with Gasteiger partial charge in [0.1, 0.15) is 17.1 Å². The zero-order valence-corrected chi connectivity index (χ0v) is 14.3. The van der Waals surface area contributed by atoms with Gasteiger partial charge in [-0.25, -0.2) is 4.39 Å². The fraction of sp³-hybridized carbons (Fsp3) is 0.200. The summed E-state index contributed by atoms with van der Waals surface area (Å²) in [7, 11) is 0. The Kier molecular flexibility index (Phi) is 4.75. The number of para-hydroxylation sites is 1. The van der Waals surface area contributed by atoms with Crippen LogP contribution in [0, 0.1) is 5.82 Å². The first kappa shape index (κ1) is 17.7. The molecule has 0 saturated heterocycles. The van der Waals surface area contributed by atoms with Crippen molar-refractivity contribution < 1.29 is 19.1 Å². The number of aliphatic hydroxyl groups is 1. The second kappa shape index (κ2) is 7.00. The molecule has 0 saturated carbocycles. The lowest BCUT2D eigenvalue weighted by atomic mass is 9.92. The molecular formula is C20H19FN2O3. The number of aryl methyl sites for hydroxylation is 1. The first-order valence-electron chi connectivity index (χ1n) is 8.27. The number of amides is 2. The molecule has 1 aliphatic rings. The van der Waals surface area contributed by atoms with Crippen molar-refractivity contribution in [2.45, 2.75) is 25.3 Å². The lowest BCUT2D eigenvalue weighted by molar-refractivity contribution is -0.121. The Bertz CT molecular complexity index is 880. The molecule has 0 fully saturated rings. The van der Waals surface area contributed by atoms with Crippen molar-refractivity contribution in [2.24, 2.45) is 0 Å². The molecule has 3 N–H and O–H groups in total. The smallest absolute Gasteiger partial charge is 0.264 e. The number of hydrogen-bond acceptors (Lipinski definition) is 3. The van der Waals surface area contributed by atoms with Crippen LogP contribution in [0.5, 0.6) is 0 Å². The molecule has 0 spiro atoms. The van der Waals surface area contributed by atoms with Gasteiger partial charge in [-0.1, -0.05) is 42.5 Å². The molecule has 26 heavy (non-hydrogen) atoms. The van der Waals surface area contributed by atoms with Crippen LogP contribution >= 0.6 is 0 Å². The number of nitrogens with one attached hydrogen (secondary N) is 2. The zero-order valence-electron chi connectivity index (χ0n) is 14.3. The number of carbonyl (C=O) groups excluding carboxylic acids is 2. The number of rotatable bonds is 5. The van der Waals surface area contributed by atoms with E-state index in [9.17, 15) is 19.1 Å². The van der Waals surface area contributed by atoms with Crippen LogP contribution in [0.1, 0.15) is 18.9 Å². The fourth-order valence-corrected chi connectivity index (χ4v) is 2.93. The highest BCUT2D eigenvalue weighted by molar-refractivity contribution is 6.24. The maximum Gasteiger partial charge on any atom is 0.264 e. The van der Waals surface area contributed by atoms with E-state index in [2.05, 4.69) is 10.6 Å². The van der Waals surface area contributed by atoms with Crippen LogP contribution in [0.15, 0.2) is 65.9 Å². The molecule has 1 heterocycles. The van der Waals surface area contributed by atoms with Gasteiger partial charge in [0, 0.05) is 0 Å². The SMILES string of the molecule is CC1(CCc2ccccc2)NC(=O)C(C(=O)Nc2ccccc2F)=C1O. The van der Waals surface area contributed by atoms with E-state index < -0.39 is 23.2 Å². The standard InChI is InChI=1S/C20H19FN2O3/c1-20(12-11-13-7-3-2-4-8-13)17(24)16(19(26)23-20)18(25)22-15-10-6-5-9-14(15)21/h2-10,24H,11-12H2,1H3,(H,22,25)(H,23,26). The molecule has 0 aliphatic carbocycles. The molecule has 2 aromatic rings. The molecule has 1 aliphatic heterocycles. The quantitative estimate of drug-likeness (QED) is 0.722. The molecule has 0 radical (unpaired) electrons. The van der Waals surface area contributed by atoms with Crippen molar-refractivity contribution in [2.75, 3.05) is 5.32 Å². The summed E-state index contributed by atoms with van der Waals surface area (Å²) in [5.41, 5.74) is -0.429. The number of benzene rings is 2. The Labute approximate surface area is 150 Å². The topological polar surface area (TPSA) is 78.4 Å². The third-order valence-corrected chi connectivity index (χ3v) is 4.48. The van der Waals surface area contributed by atoms with Gasteiger partial charge in [-0.15, -0.1) is 0 Å². The number of hydrogen-bond donors (Lipinski definition) is 3. The van der Waals surface area contributed by atoms with Crippen molar-refractivity contribution in [3.05, 3.63) is 77.3 Å². The van der Waals surface area contributed by atoms with E-state index in [1.54, 1.807) is 13.0 Å². The molecule has 134 valence electrons. The maximum absolute atomic E-state index is 13.7. The van der Waals surface area contributed by atoms with Gasteiger partial charge in [0.05, 0.1) is 11.2 Å². The van der Waals surface area contributed by atoms with E-state index in [0.717, 1.165) is 5.56 Å². The van der Waals surface area contributed by atoms with Crippen LogP contribution in [0.4, 0.5) is 10.1 Å². The molecule has 1 unspecified atom stereocenters. The fourth-order valence-electron chi connectivity index (χ4n) is 2.93. The van der Waals surface area contributed by atoms with E-state index in [-0.39, 0.29) is 17.0 Å². The Morgan fingerprint density at radius 3 is 2.50 bits per heavy atom. The van der Waals surface area contributed by atoms with Crippen molar-refractivity contribution in [3.8, 4) is 0 Å². The first-order chi connectivity index (χ1) is 12.4. The Morgan fingerprint density at radius 1 is 1.15 bits per heavy atom. The van der Waals surface area contributed by atoms with Gasteiger partial charge in [0.25, 0.3) is 11.8 Å². The lowest BCUT2D eigenvalue weighted by Crippen LogP contribution is -2.42. The molecule has 0 aromatic heterocycles. The summed E-state index contributed by atoms with van der Waals surface area (Å²) in [5, 5.41) is 15.5. The third kappa shape index (κ3) is 3.44. The van der Waals surface area contributed by atoms with E-state index in [1.165, 1.54) is 18.2 Å². The summed E-state index contributed by atoms with van der Waals surface area (Å²) in [5.74, 6) is -2.46. The summed E-state index contributed by atoms with van der Waals surface area (Å²) in [4.78, 5) is 24.6. The number of anilines is 1. The molecule has 0 bridgehead atoms. The minimum Gasteiger partial charge on any atom is -0.509 e. The van der Waals surface area contributed by atoms with Crippen molar-refractivity contribution in [1.82, 2.24) is 5.32 Å². The minimum absolute atomic E-state index is 0.0523.